The molecule has 0 aliphatic heterocycles. The highest BCUT2D eigenvalue weighted by molar-refractivity contribution is 5.83. The summed E-state index contributed by atoms with van der Waals surface area (Å²) in [7, 11) is 4.83. The Morgan fingerprint density at radius 3 is 2.33 bits per heavy atom. The molecule has 0 heterocycles. The molecule has 0 aromatic heterocycles. The van der Waals surface area contributed by atoms with Crippen molar-refractivity contribution in [3.05, 3.63) is 71.3 Å². The lowest BCUT2D eigenvalue weighted by Gasteiger charge is -2.21. The zero-order valence-corrected chi connectivity index (χ0v) is 17.5. The van der Waals surface area contributed by atoms with Crippen molar-refractivity contribution in [1.29, 1.82) is 0 Å². The average Bonchev–Trinajstić information content (AvgIpc) is 2.94. The van der Waals surface area contributed by atoms with Crippen molar-refractivity contribution in [3.8, 4) is 34.1 Å². The lowest BCUT2D eigenvalue weighted by molar-refractivity contribution is 0.162. The molecule has 0 radical (unpaired) electrons. The van der Waals surface area contributed by atoms with Crippen molar-refractivity contribution in [2.45, 2.75) is 25.6 Å². The largest absolute Gasteiger partial charge is 0.493 e. The number of benzene rings is 3. The minimum Gasteiger partial charge on any atom is -0.493 e. The predicted molar refractivity (Wildman–Crippen MR) is 116 cm³/mol. The minimum absolute atomic E-state index is 0.430. The van der Waals surface area contributed by atoms with Crippen molar-refractivity contribution in [1.82, 2.24) is 0 Å². The molecule has 3 aromatic rings. The Bertz CT molecular complexity index is 1030. The molecule has 156 valence electrons. The van der Waals surface area contributed by atoms with Crippen LogP contribution < -0.4 is 18.9 Å². The van der Waals surface area contributed by atoms with Gasteiger partial charge in [-0.1, -0.05) is 42.5 Å². The van der Waals surface area contributed by atoms with E-state index in [1.807, 2.05) is 54.6 Å². The van der Waals surface area contributed by atoms with E-state index in [4.69, 9.17) is 18.9 Å². The SMILES string of the molecule is COc1cc2c(c(OC)c1OC)-c1cccc(OCc3ccccc3)c1[C@H](O)CC2. The van der Waals surface area contributed by atoms with E-state index in [2.05, 4.69) is 0 Å². The Morgan fingerprint density at radius 2 is 1.63 bits per heavy atom. The lowest BCUT2D eigenvalue weighted by Crippen LogP contribution is -2.04. The molecular weight excluding hydrogens is 380 g/mol. The van der Waals surface area contributed by atoms with E-state index in [9.17, 15) is 5.11 Å². The van der Waals surface area contributed by atoms with E-state index in [1.54, 1.807) is 21.3 Å². The van der Waals surface area contributed by atoms with Crippen molar-refractivity contribution >= 4 is 0 Å². The molecule has 0 amide bonds. The van der Waals surface area contributed by atoms with Crippen LogP contribution in [0.3, 0.4) is 0 Å². The maximum absolute atomic E-state index is 11.0. The van der Waals surface area contributed by atoms with Gasteiger partial charge in [-0.2, -0.15) is 0 Å². The fraction of sp³-hybridized carbons (Fsp3) is 0.280. The highest BCUT2D eigenvalue weighted by Crippen LogP contribution is 2.51. The van der Waals surface area contributed by atoms with E-state index < -0.39 is 6.10 Å². The van der Waals surface area contributed by atoms with Crippen LogP contribution in [-0.4, -0.2) is 26.4 Å². The summed E-state index contributed by atoms with van der Waals surface area (Å²) < 4.78 is 23.0. The molecule has 0 spiro atoms. The third kappa shape index (κ3) is 3.57. The molecule has 5 nitrogen and oxygen atoms in total. The Kier molecular flexibility index (Phi) is 5.81. The molecule has 0 saturated carbocycles. The summed E-state index contributed by atoms with van der Waals surface area (Å²) in [5.74, 6) is 2.43. The number of ether oxygens (including phenoxy) is 4. The van der Waals surface area contributed by atoms with Crippen molar-refractivity contribution < 1.29 is 24.1 Å². The third-order valence-electron chi connectivity index (χ3n) is 5.50. The summed E-state index contributed by atoms with van der Waals surface area (Å²) >= 11 is 0. The van der Waals surface area contributed by atoms with Gasteiger partial charge in [0.25, 0.3) is 0 Å². The molecule has 1 atom stereocenters. The van der Waals surface area contributed by atoms with Crippen molar-refractivity contribution in [2.24, 2.45) is 0 Å². The van der Waals surface area contributed by atoms with Gasteiger partial charge in [0.15, 0.2) is 11.5 Å². The fourth-order valence-electron chi connectivity index (χ4n) is 4.10. The Morgan fingerprint density at radius 1 is 0.867 bits per heavy atom. The van der Waals surface area contributed by atoms with Crippen molar-refractivity contribution in [2.75, 3.05) is 21.3 Å². The van der Waals surface area contributed by atoms with Gasteiger partial charge < -0.3 is 24.1 Å². The maximum Gasteiger partial charge on any atom is 0.203 e. The van der Waals surface area contributed by atoms with Gasteiger partial charge in [0.2, 0.25) is 5.75 Å². The number of hydrogen-bond acceptors (Lipinski definition) is 5. The molecule has 1 N–H and O–H groups in total. The number of rotatable bonds is 6. The zero-order chi connectivity index (χ0) is 21.1. The second-order valence-corrected chi connectivity index (χ2v) is 7.23. The van der Waals surface area contributed by atoms with Crippen LogP contribution in [0.25, 0.3) is 11.1 Å². The van der Waals surface area contributed by atoms with Crippen LogP contribution in [0, 0.1) is 0 Å². The smallest absolute Gasteiger partial charge is 0.203 e. The molecule has 0 bridgehead atoms. The van der Waals surface area contributed by atoms with Crippen LogP contribution in [0.2, 0.25) is 0 Å². The van der Waals surface area contributed by atoms with Gasteiger partial charge >= 0.3 is 0 Å². The number of aliphatic hydroxyl groups excluding tert-OH is 1. The summed E-state index contributed by atoms with van der Waals surface area (Å²) in [4.78, 5) is 0. The molecule has 1 aliphatic rings. The van der Waals surface area contributed by atoms with Crippen LogP contribution in [0.15, 0.2) is 54.6 Å². The molecule has 5 heteroatoms. The molecule has 0 saturated heterocycles. The van der Waals surface area contributed by atoms with Gasteiger partial charge in [0.05, 0.1) is 27.4 Å². The first-order valence-electron chi connectivity index (χ1n) is 9.97. The fourth-order valence-corrected chi connectivity index (χ4v) is 4.10. The number of fused-ring (bicyclic) bond motifs is 3. The van der Waals surface area contributed by atoms with Gasteiger partial charge in [0.1, 0.15) is 12.4 Å². The first kappa shape index (κ1) is 20.1. The minimum atomic E-state index is -0.652. The molecular formula is C25H26O5. The monoisotopic (exact) mass is 406 g/mol. The predicted octanol–water partition coefficient (Wildman–Crippen LogP) is 4.94. The second kappa shape index (κ2) is 8.67. The van der Waals surface area contributed by atoms with Crippen LogP contribution in [0.1, 0.15) is 29.2 Å². The Hall–Kier alpha value is -3.18. The normalized spacial score (nSPS) is 14.9. The lowest BCUT2D eigenvalue weighted by atomic mass is 9.93. The van der Waals surface area contributed by atoms with E-state index in [1.165, 1.54) is 0 Å². The van der Waals surface area contributed by atoms with Gasteiger partial charge in [0, 0.05) is 11.1 Å². The third-order valence-corrected chi connectivity index (χ3v) is 5.50. The maximum atomic E-state index is 11.0. The molecule has 30 heavy (non-hydrogen) atoms. The van der Waals surface area contributed by atoms with Gasteiger partial charge in [-0.15, -0.1) is 0 Å². The van der Waals surface area contributed by atoms with Crippen LogP contribution in [-0.2, 0) is 13.0 Å². The van der Waals surface area contributed by atoms with Gasteiger partial charge in [-0.3, -0.25) is 0 Å². The molecule has 4 rings (SSSR count). The van der Waals surface area contributed by atoms with Crippen LogP contribution in [0.5, 0.6) is 23.0 Å². The highest BCUT2D eigenvalue weighted by Gasteiger charge is 2.30. The Balaban J connectivity index is 1.85. The summed E-state index contributed by atoms with van der Waals surface area (Å²) in [5, 5.41) is 11.0. The molecule has 0 unspecified atom stereocenters. The topological polar surface area (TPSA) is 57.2 Å². The van der Waals surface area contributed by atoms with Gasteiger partial charge in [-0.25, -0.2) is 0 Å². The van der Waals surface area contributed by atoms with E-state index in [-0.39, 0.29) is 0 Å². The van der Waals surface area contributed by atoms with E-state index in [0.29, 0.717) is 42.4 Å². The van der Waals surface area contributed by atoms with Crippen molar-refractivity contribution in [3.63, 3.8) is 0 Å². The molecule has 0 fully saturated rings. The van der Waals surface area contributed by atoms with Crippen LogP contribution in [0.4, 0.5) is 0 Å². The summed E-state index contributed by atoms with van der Waals surface area (Å²) in [6, 6.07) is 17.8. The number of hydrogen-bond donors (Lipinski definition) is 1. The standard InChI is InChI=1S/C25H26O5/c1-27-21-14-17-12-13-19(26)23-18(22(17)25(29-3)24(21)28-2)10-7-11-20(23)30-15-16-8-5-4-6-9-16/h4-11,14,19,26H,12-13,15H2,1-3H3/t19-/m1/s1. The van der Waals surface area contributed by atoms with E-state index >= 15 is 0 Å². The summed E-state index contributed by atoms with van der Waals surface area (Å²) in [6.45, 7) is 0.430. The number of aliphatic hydroxyl groups is 1. The summed E-state index contributed by atoms with van der Waals surface area (Å²) in [5.41, 5.74) is 4.69. The highest BCUT2D eigenvalue weighted by atomic mass is 16.5. The second-order valence-electron chi connectivity index (χ2n) is 7.23. The molecule has 3 aromatic carbocycles. The molecule has 1 aliphatic carbocycles. The number of aryl methyl sites for hydroxylation is 1. The Labute approximate surface area is 176 Å². The van der Waals surface area contributed by atoms with E-state index in [0.717, 1.165) is 27.8 Å². The summed E-state index contributed by atoms with van der Waals surface area (Å²) in [6.07, 6.45) is 0.603. The first-order chi connectivity index (χ1) is 14.7. The quantitative estimate of drug-likeness (QED) is 0.629. The average molecular weight is 406 g/mol. The first-order valence-corrected chi connectivity index (χ1v) is 9.97. The van der Waals surface area contributed by atoms with Gasteiger partial charge in [-0.05, 0) is 41.7 Å². The number of methoxy groups -OCH3 is 3. The zero-order valence-electron chi connectivity index (χ0n) is 17.5. The van der Waals surface area contributed by atoms with Crippen LogP contribution >= 0.6 is 0 Å².